The highest BCUT2D eigenvalue weighted by Gasteiger charge is 2.16. The van der Waals surface area contributed by atoms with E-state index in [2.05, 4.69) is 31.3 Å². The van der Waals surface area contributed by atoms with E-state index in [0.717, 1.165) is 13.1 Å². The van der Waals surface area contributed by atoms with Crippen LogP contribution in [0.25, 0.3) is 0 Å². The minimum atomic E-state index is -0.186. The standard InChI is InChI=1S/C18H21ClFN/c1-3-21-12-15(17-7-5-4-6-13(17)2)10-14-11-16(19)8-9-18(14)20/h4-9,11,15,21H,3,10,12H2,1-2H3. The van der Waals surface area contributed by atoms with Crippen LogP contribution in [0, 0.1) is 12.7 Å². The average Bonchev–Trinajstić information content (AvgIpc) is 2.48. The fourth-order valence-electron chi connectivity index (χ4n) is 2.62. The predicted molar refractivity (Wildman–Crippen MR) is 87.6 cm³/mol. The molecule has 3 heteroatoms. The maximum Gasteiger partial charge on any atom is 0.126 e. The van der Waals surface area contributed by atoms with E-state index in [1.807, 2.05) is 12.1 Å². The first-order chi connectivity index (χ1) is 10.1. The van der Waals surface area contributed by atoms with Gasteiger partial charge >= 0.3 is 0 Å². The van der Waals surface area contributed by atoms with Gasteiger partial charge in [0.2, 0.25) is 0 Å². The molecule has 2 rings (SSSR count). The monoisotopic (exact) mass is 305 g/mol. The zero-order valence-corrected chi connectivity index (χ0v) is 13.3. The molecule has 0 amide bonds. The SMILES string of the molecule is CCNCC(Cc1cc(Cl)ccc1F)c1ccccc1C. The van der Waals surface area contributed by atoms with Crippen LogP contribution >= 0.6 is 11.6 Å². The summed E-state index contributed by atoms with van der Waals surface area (Å²) in [6, 6.07) is 13.1. The lowest BCUT2D eigenvalue weighted by atomic mass is 9.89. The summed E-state index contributed by atoms with van der Waals surface area (Å²) in [6.45, 7) is 5.91. The molecule has 1 N–H and O–H groups in total. The van der Waals surface area contributed by atoms with Gasteiger partial charge in [0, 0.05) is 17.5 Å². The summed E-state index contributed by atoms with van der Waals surface area (Å²) in [5.41, 5.74) is 3.18. The van der Waals surface area contributed by atoms with Gasteiger partial charge in [0.05, 0.1) is 0 Å². The van der Waals surface area contributed by atoms with Gasteiger partial charge in [0.1, 0.15) is 5.82 Å². The Hall–Kier alpha value is -1.38. The van der Waals surface area contributed by atoms with E-state index >= 15 is 0 Å². The number of likely N-dealkylation sites (N-methyl/N-ethyl adjacent to an activating group) is 1. The first-order valence-corrected chi connectivity index (χ1v) is 7.69. The average molecular weight is 306 g/mol. The van der Waals surface area contributed by atoms with Crippen molar-refractivity contribution in [2.24, 2.45) is 0 Å². The molecule has 1 unspecified atom stereocenters. The molecule has 0 aliphatic rings. The summed E-state index contributed by atoms with van der Waals surface area (Å²) in [7, 11) is 0. The van der Waals surface area contributed by atoms with Crippen LogP contribution in [0.5, 0.6) is 0 Å². The molecule has 112 valence electrons. The maximum atomic E-state index is 14.0. The minimum Gasteiger partial charge on any atom is -0.316 e. The molecule has 2 aromatic carbocycles. The van der Waals surface area contributed by atoms with E-state index in [4.69, 9.17) is 11.6 Å². The van der Waals surface area contributed by atoms with Gasteiger partial charge in [-0.1, -0.05) is 42.8 Å². The zero-order chi connectivity index (χ0) is 15.2. The van der Waals surface area contributed by atoms with E-state index in [-0.39, 0.29) is 11.7 Å². The Labute approximate surface area is 131 Å². The quantitative estimate of drug-likeness (QED) is 0.814. The van der Waals surface area contributed by atoms with Gasteiger partial charge in [0.15, 0.2) is 0 Å². The summed E-state index contributed by atoms with van der Waals surface area (Å²) in [4.78, 5) is 0. The molecule has 0 aliphatic heterocycles. The van der Waals surface area contributed by atoms with Crippen molar-refractivity contribution in [3.63, 3.8) is 0 Å². The second-order valence-corrected chi connectivity index (χ2v) is 5.74. The number of hydrogen-bond donors (Lipinski definition) is 1. The third kappa shape index (κ3) is 4.29. The number of hydrogen-bond acceptors (Lipinski definition) is 1. The van der Waals surface area contributed by atoms with E-state index < -0.39 is 0 Å². The van der Waals surface area contributed by atoms with Gasteiger partial charge in [-0.25, -0.2) is 4.39 Å². The normalized spacial score (nSPS) is 12.4. The first-order valence-electron chi connectivity index (χ1n) is 7.32. The topological polar surface area (TPSA) is 12.0 Å². The van der Waals surface area contributed by atoms with Crippen molar-refractivity contribution in [2.45, 2.75) is 26.2 Å². The Morgan fingerprint density at radius 1 is 1.19 bits per heavy atom. The zero-order valence-electron chi connectivity index (χ0n) is 12.5. The molecular weight excluding hydrogens is 285 g/mol. The molecule has 1 nitrogen and oxygen atoms in total. The lowest BCUT2D eigenvalue weighted by molar-refractivity contribution is 0.561. The van der Waals surface area contributed by atoms with Gasteiger partial charge in [-0.05, 0) is 54.8 Å². The van der Waals surface area contributed by atoms with E-state index in [1.165, 1.54) is 17.2 Å². The largest absolute Gasteiger partial charge is 0.316 e. The van der Waals surface area contributed by atoms with Crippen LogP contribution in [0.3, 0.4) is 0 Å². The molecule has 0 saturated heterocycles. The summed E-state index contributed by atoms with van der Waals surface area (Å²) >= 11 is 6.00. The molecule has 0 spiro atoms. The molecule has 0 radical (unpaired) electrons. The summed E-state index contributed by atoms with van der Waals surface area (Å²) < 4.78 is 14.0. The fraction of sp³-hybridized carbons (Fsp3) is 0.333. The summed E-state index contributed by atoms with van der Waals surface area (Å²) in [6.07, 6.45) is 0.643. The Balaban J connectivity index is 2.28. The molecule has 0 heterocycles. The van der Waals surface area contributed by atoms with E-state index in [1.54, 1.807) is 12.1 Å². The van der Waals surface area contributed by atoms with E-state index in [9.17, 15) is 4.39 Å². The van der Waals surface area contributed by atoms with Crippen molar-refractivity contribution < 1.29 is 4.39 Å². The Morgan fingerprint density at radius 2 is 1.95 bits per heavy atom. The number of benzene rings is 2. The van der Waals surface area contributed by atoms with Crippen molar-refractivity contribution in [1.82, 2.24) is 5.32 Å². The third-order valence-corrected chi connectivity index (χ3v) is 3.98. The second kappa shape index (κ2) is 7.58. The smallest absolute Gasteiger partial charge is 0.126 e. The first kappa shape index (κ1) is 16.0. The van der Waals surface area contributed by atoms with Gasteiger partial charge in [-0.15, -0.1) is 0 Å². The highest BCUT2D eigenvalue weighted by Crippen LogP contribution is 2.26. The lowest BCUT2D eigenvalue weighted by Crippen LogP contribution is -2.23. The van der Waals surface area contributed by atoms with Crippen molar-refractivity contribution >= 4 is 11.6 Å². The van der Waals surface area contributed by atoms with Gasteiger partial charge < -0.3 is 5.32 Å². The molecule has 0 aliphatic carbocycles. The van der Waals surface area contributed by atoms with Crippen LogP contribution < -0.4 is 5.32 Å². The molecule has 1 atom stereocenters. The van der Waals surface area contributed by atoms with E-state index in [0.29, 0.717) is 17.0 Å². The number of aryl methyl sites for hydroxylation is 1. The van der Waals surface area contributed by atoms with Crippen LogP contribution in [0.2, 0.25) is 5.02 Å². The van der Waals surface area contributed by atoms with Crippen LogP contribution in [-0.4, -0.2) is 13.1 Å². The number of rotatable bonds is 6. The predicted octanol–water partition coefficient (Wildman–Crippen LogP) is 4.72. The van der Waals surface area contributed by atoms with Gasteiger partial charge in [-0.3, -0.25) is 0 Å². The van der Waals surface area contributed by atoms with Gasteiger partial charge in [0.25, 0.3) is 0 Å². The van der Waals surface area contributed by atoms with Crippen molar-refractivity contribution in [3.8, 4) is 0 Å². The fourth-order valence-corrected chi connectivity index (χ4v) is 2.82. The molecular formula is C18H21ClFN. The Morgan fingerprint density at radius 3 is 2.67 bits per heavy atom. The highest BCUT2D eigenvalue weighted by molar-refractivity contribution is 6.30. The van der Waals surface area contributed by atoms with Crippen LogP contribution in [0.1, 0.15) is 29.5 Å². The summed E-state index contributed by atoms with van der Waals surface area (Å²) in [5.74, 6) is 0.0496. The third-order valence-electron chi connectivity index (χ3n) is 3.74. The van der Waals surface area contributed by atoms with Crippen LogP contribution in [0.4, 0.5) is 4.39 Å². The molecule has 2 aromatic rings. The molecule has 21 heavy (non-hydrogen) atoms. The molecule has 0 bridgehead atoms. The molecule has 0 aromatic heterocycles. The van der Waals surface area contributed by atoms with Crippen molar-refractivity contribution in [1.29, 1.82) is 0 Å². The van der Waals surface area contributed by atoms with Crippen LogP contribution in [0.15, 0.2) is 42.5 Å². The lowest BCUT2D eigenvalue weighted by Gasteiger charge is -2.20. The Bertz CT molecular complexity index is 598. The second-order valence-electron chi connectivity index (χ2n) is 5.30. The summed E-state index contributed by atoms with van der Waals surface area (Å²) in [5, 5.41) is 3.95. The van der Waals surface area contributed by atoms with Crippen molar-refractivity contribution in [3.05, 3.63) is 70.0 Å². The molecule has 0 fully saturated rings. The number of halogens is 2. The Kier molecular flexibility index (Phi) is 5.77. The van der Waals surface area contributed by atoms with Crippen molar-refractivity contribution in [2.75, 3.05) is 13.1 Å². The maximum absolute atomic E-state index is 14.0. The number of nitrogens with one attached hydrogen (secondary N) is 1. The van der Waals surface area contributed by atoms with Gasteiger partial charge in [-0.2, -0.15) is 0 Å². The van der Waals surface area contributed by atoms with Crippen LogP contribution in [-0.2, 0) is 6.42 Å². The highest BCUT2D eigenvalue weighted by atomic mass is 35.5. The minimum absolute atomic E-state index is 0.186. The molecule has 0 saturated carbocycles.